The van der Waals surface area contributed by atoms with Crippen LogP contribution in [0.2, 0.25) is 0 Å². The lowest BCUT2D eigenvalue weighted by Crippen LogP contribution is -2.46. The lowest BCUT2D eigenvalue weighted by atomic mass is 10.0. The second-order valence-electron chi connectivity index (χ2n) is 10.7. The summed E-state index contributed by atoms with van der Waals surface area (Å²) in [5, 5.41) is 0. The number of benzene rings is 2. The fraction of sp³-hybridized carbons (Fsp3) is 0.636. The van der Waals surface area contributed by atoms with E-state index in [1.165, 1.54) is 77.0 Å². The van der Waals surface area contributed by atoms with Gasteiger partial charge in [-0.3, -0.25) is 0 Å². The predicted molar refractivity (Wildman–Crippen MR) is 162 cm³/mol. The van der Waals surface area contributed by atoms with Crippen molar-refractivity contribution in [1.29, 1.82) is 0 Å². The van der Waals surface area contributed by atoms with Gasteiger partial charge < -0.3 is 18.9 Å². The second-order valence-corrected chi connectivity index (χ2v) is 11.6. The number of unbranched alkanes of at least 4 members (excludes halogenated alkanes) is 13. The van der Waals surface area contributed by atoms with E-state index in [4.69, 9.17) is 18.5 Å². The van der Waals surface area contributed by atoms with E-state index in [1.807, 2.05) is 74.5 Å². The second kappa shape index (κ2) is 21.3. The first-order chi connectivity index (χ1) is 19.1. The summed E-state index contributed by atoms with van der Waals surface area (Å²) in [4.78, 5) is 10.7. The minimum absolute atomic E-state index is 0.179. The molecule has 2 atom stereocenters. The SMILES string of the molecule is CCCCCCCCCCCCCCCCOC(Oc1ccccc1)(OP(O)OCc1ccccc1)C(C)C. The number of hydrogen-bond acceptors (Lipinski definition) is 5. The maximum atomic E-state index is 10.7. The highest BCUT2D eigenvalue weighted by atomic mass is 31.2. The van der Waals surface area contributed by atoms with Crippen molar-refractivity contribution >= 4 is 8.60 Å². The first kappa shape index (κ1) is 33.7. The zero-order valence-corrected chi connectivity index (χ0v) is 25.6. The van der Waals surface area contributed by atoms with Crippen LogP contribution in [-0.2, 0) is 20.4 Å². The van der Waals surface area contributed by atoms with Crippen LogP contribution in [0.4, 0.5) is 0 Å². The van der Waals surface area contributed by atoms with Crippen molar-refractivity contribution in [3.63, 3.8) is 0 Å². The number of rotatable bonds is 24. The molecule has 0 saturated carbocycles. The molecule has 6 heteroatoms. The molecule has 2 unspecified atom stereocenters. The minimum atomic E-state index is -2.21. The van der Waals surface area contributed by atoms with Gasteiger partial charge in [0.1, 0.15) is 5.75 Å². The summed E-state index contributed by atoms with van der Waals surface area (Å²) in [6, 6.07) is 19.2. The fourth-order valence-electron chi connectivity index (χ4n) is 4.47. The molecule has 0 bridgehead atoms. The quantitative estimate of drug-likeness (QED) is 0.0786. The first-order valence-electron chi connectivity index (χ1n) is 15.3. The van der Waals surface area contributed by atoms with Crippen LogP contribution in [0.25, 0.3) is 0 Å². The van der Waals surface area contributed by atoms with Crippen LogP contribution in [0.5, 0.6) is 5.75 Å². The summed E-state index contributed by atoms with van der Waals surface area (Å²) in [6.45, 7) is 6.95. The van der Waals surface area contributed by atoms with Crippen molar-refractivity contribution in [1.82, 2.24) is 0 Å². The highest BCUT2D eigenvalue weighted by molar-refractivity contribution is 7.40. The van der Waals surface area contributed by atoms with Crippen LogP contribution in [0.15, 0.2) is 60.7 Å². The molecular formula is C33H53O5P. The average molecular weight is 561 g/mol. The highest BCUT2D eigenvalue weighted by Gasteiger charge is 2.43. The molecule has 0 amide bonds. The Hall–Kier alpha value is -1.49. The molecule has 0 aliphatic heterocycles. The van der Waals surface area contributed by atoms with Crippen LogP contribution < -0.4 is 4.74 Å². The molecule has 0 saturated heterocycles. The molecule has 220 valence electrons. The van der Waals surface area contributed by atoms with Gasteiger partial charge in [0.25, 0.3) is 0 Å². The summed E-state index contributed by atoms with van der Waals surface area (Å²) in [7, 11) is -2.21. The van der Waals surface area contributed by atoms with Crippen LogP contribution in [0.1, 0.15) is 116 Å². The van der Waals surface area contributed by atoms with Gasteiger partial charge in [-0.1, -0.05) is 153 Å². The molecule has 0 radical (unpaired) electrons. The van der Waals surface area contributed by atoms with Gasteiger partial charge in [0.05, 0.1) is 13.2 Å². The first-order valence-corrected chi connectivity index (χ1v) is 16.4. The van der Waals surface area contributed by atoms with Crippen LogP contribution in [0.3, 0.4) is 0 Å². The molecule has 0 aliphatic carbocycles. The number of hydrogen-bond donors (Lipinski definition) is 1. The molecule has 2 rings (SSSR count). The third-order valence-electron chi connectivity index (χ3n) is 6.90. The third kappa shape index (κ3) is 15.2. The van der Waals surface area contributed by atoms with E-state index in [-0.39, 0.29) is 12.5 Å². The van der Waals surface area contributed by atoms with Crippen LogP contribution in [0, 0.1) is 5.92 Å². The van der Waals surface area contributed by atoms with Crippen molar-refractivity contribution < 1.29 is 23.4 Å². The van der Waals surface area contributed by atoms with E-state index in [9.17, 15) is 4.89 Å². The Balaban J connectivity index is 1.72. The Morgan fingerprint density at radius 1 is 0.692 bits per heavy atom. The smallest absolute Gasteiger partial charge is 0.335 e. The Morgan fingerprint density at radius 3 is 1.69 bits per heavy atom. The van der Waals surface area contributed by atoms with Crippen molar-refractivity contribution in [3.8, 4) is 5.75 Å². The third-order valence-corrected chi connectivity index (χ3v) is 7.66. The Kier molecular flexibility index (Phi) is 18.4. The molecule has 2 aromatic rings. The molecule has 5 nitrogen and oxygen atoms in total. The normalized spacial score (nSPS) is 13.9. The zero-order chi connectivity index (χ0) is 28.0. The monoisotopic (exact) mass is 560 g/mol. The van der Waals surface area contributed by atoms with Gasteiger partial charge >= 0.3 is 14.6 Å². The molecular weight excluding hydrogens is 507 g/mol. The van der Waals surface area contributed by atoms with Crippen LogP contribution >= 0.6 is 8.60 Å². The minimum Gasteiger partial charge on any atom is -0.439 e. The van der Waals surface area contributed by atoms with Gasteiger partial charge in [0.15, 0.2) is 0 Å². The van der Waals surface area contributed by atoms with Gasteiger partial charge in [-0.25, -0.2) is 4.52 Å². The zero-order valence-electron chi connectivity index (χ0n) is 24.7. The van der Waals surface area contributed by atoms with Gasteiger partial charge in [-0.2, -0.15) is 0 Å². The van der Waals surface area contributed by atoms with Gasteiger partial charge in [0, 0.05) is 5.92 Å². The van der Waals surface area contributed by atoms with E-state index in [0.29, 0.717) is 12.4 Å². The van der Waals surface area contributed by atoms with Crippen LogP contribution in [-0.4, -0.2) is 17.5 Å². The lowest BCUT2D eigenvalue weighted by molar-refractivity contribution is -0.328. The molecule has 0 aromatic heterocycles. The van der Waals surface area contributed by atoms with Gasteiger partial charge in [-0.15, -0.1) is 0 Å². The van der Waals surface area contributed by atoms with E-state index >= 15 is 0 Å². The lowest BCUT2D eigenvalue weighted by Gasteiger charge is -2.37. The number of ether oxygens (including phenoxy) is 2. The molecule has 0 heterocycles. The highest BCUT2D eigenvalue weighted by Crippen LogP contribution is 2.44. The topological polar surface area (TPSA) is 57.2 Å². The van der Waals surface area contributed by atoms with Gasteiger partial charge in [0.2, 0.25) is 0 Å². The predicted octanol–water partition coefficient (Wildman–Crippen LogP) is 10.3. The summed E-state index contributed by atoms with van der Waals surface area (Å²) < 4.78 is 24.1. The maximum absolute atomic E-state index is 10.7. The summed E-state index contributed by atoms with van der Waals surface area (Å²) in [5.74, 6) is -0.991. The Morgan fingerprint density at radius 2 is 1.18 bits per heavy atom. The van der Waals surface area contributed by atoms with E-state index in [2.05, 4.69) is 6.92 Å². The fourth-order valence-corrected chi connectivity index (χ4v) is 5.30. The van der Waals surface area contributed by atoms with E-state index in [1.54, 1.807) is 0 Å². The molecule has 1 N–H and O–H groups in total. The molecule has 39 heavy (non-hydrogen) atoms. The molecule has 0 spiro atoms. The largest absolute Gasteiger partial charge is 0.439 e. The van der Waals surface area contributed by atoms with Crippen molar-refractivity contribution in [3.05, 3.63) is 66.2 Å². The molecule has 0 aliphatic rings. The summed E-state index contributed by atoms with van der Waals surface area (Å²) in [5.41, 5.74) is 0.963. The van der Waals surface area contributed by atoms with E-state index < -0.39 is 14.6 Å². The molecule has 2 aromatic carbocycles. The Bertz CT molecular complexity index is 819. The summed E-state index contributed by atoms with van der Waals surface area (Å²) in [6.07, 6.45) is 18.3. The van der Waals surface area contributed by atoms with Crippen molar-refractivity contribution in [2.75, 3.05) is 6.61 Å². The van der Waals surface area contributed by atoms with Gasteiger partial charge in [-0.05, 0) is 24.1 Å². The van der Waals surface area contributed by atoms with Crippen molar-refractivity contribution in [2.24, 2.45) is 5.92 Å². The number of para-hydroxylation sites is 1. The van der Waals surface area contributed by atoms with Crippen molar-refractivity contribution in [2.45, 2.75) is 123 Å². The average Bonchev–Trinajstić information content (AvgIpc) is 2.95. The maximum Gasteiger partial charge on any atom is 0.335 e. The Labute approximate surface area is 239 Å². The summed E-state index contributed by atoms with van der Waals surface area (Å²) >= 11 is 0. The van der Waals surface area contributed by atoms with E-state index in [0.717, 1.165) is 18.4 Å². The standard InChI is InChI=1S/C33H53O5P/c1-4-5-6-7-8-9-10-11-12-13-14-15-16-23-28-35-33(30(2)3,37-32-26-21-18-22-27-32)38-39(34)36-29-31-24-19-17-20-25-31/h17-22,24-27,30,34H,4-16,23,28-29H2,1-3H3. The molecule has 0 fully saturated rings.